The van der Waals surface area contributed by atoms with Gasteiger partial charge in [0.05, 0.1) is 0 Å². The van der Waals surface area contributed by atoms with Gasteiger partial charge in [-0.05, 0) is 32.9 Å². The summed E-state index contributed by atoms with van der Waals surface area (Å²) in [5, 5.41) is 6.54. The summed E-state index contributed by atoms with van der Waals surface area (Å²) in [6.45, 7) is 5.68. The number of likely N-dealkylation sites (tertiary alicyclic amines) is 1. The lowest BCUT2D eigenvalue weighted by atomic mass is 9.82. The van der Waals surface area contributed by atoms with Crippen LogP contribution in [0, 0.1) is 0 Å². The van der Waals surface area contributed by atoms with E-state index >= 15 is 0 Å². The van der Waals surface area contributed by atoms with Crippen molar-refractivity contribution in [1.29, 1.82) is 0 Å². The van der Waals surface area contributed by atoms with Gasteiger partial charge < -0.3 is 9.80 Å². The number of piperidine rings is 1. The molecule has 0 aliphatic carbocycles. The molecule has 0 atom stereocenters. The Bertz CT molecular complexity index is 548. The topological polar surface area (TPSA) is 72.5 Å². The zero-order chi connectivity index (χ0) is 15.7. The third-order valence-electron chi connectivity index (χ3n) is 5.11. The van der Waals surface area contributed by atoms with Gasteiger partial charge >= 0.3 is 0 Å². The molecule has 0 aromatic carbocycles. The molecule has 3 heterocycles. The average molecular weight is 305 g/mol. The second-order valence-corrected chi connectivity index (χ2v) is 6.10. The van der Waals surface area contributed by atoms with Crippen LogP contribution in [-0.4, -0.2) is 82.0 Å². The van der Waals surface area contributed by atoms with Crippen molar-refractivity contribution in [2.75, 3.05) is 39.8 Å². The van der Waals surface area contributed by atoms with Crippen molar-refractivity contribution in [1.82, 2.24) is 24.9 Å². The van der Waals surface area contributed by atoms with E-state index in [1.54, 1.807) is 12.3 Å². The normalized spacial score (nSPS) is 22.4. The third-order valence-corrected chi connectivity index (χ3v) is 5.11. The number of likely N-dealkylation sites (N-methyl/N-ethyl adjacent to an activating group) is 2. The molecule has 7 heteroatoms. The highest BCUT2D eigenvalue weighted by atomic mass is 16.2. The fourth-order valence-electron chi connectivity index (χ4n) is 3.57. The van der Waals surface area contributed by atoms with Crippen LogP contribution in [0.4, 0.5) is 0 Å². The second kappa shape index (κ2) is 5.72. The molecule has 7 nitrogen and oxygen atoms in total. The summed E-state index contributed by atoms with van der Waals surface area (Å²) in [7, 11) is 2.03. The van der Waals surface area contributed by atoms with Crippen LogP contribution >= 0.6 is 0 Å². The maximum atomic E-state index is 12.8. The highest BCUT2D eigenvalue weighted by Gasteiger charge is 2.49. The molecule has 0 saturated carbocycles. The summed E-state index contributed by atoms with van der Waals surface area (Å²) in [5.41, 5.74) is 0.0772. The monoisotopic (exact) mass is 305 g/mol. The summed E-state index contributed by atoms with van der Waals surface area (Å²) in [5.74, 6) is 0.183. The lowest BCUT2D eigenvalue weighted by Crippen LogP contribution is -2.67. The van der Waals surface area contributed by atoms with Crippen molar-refractivity contribution in [3.63, 3.8) is 0 Å². The molecule has 1 aromatic rings. The number of hydrogen-bond donors (Lipinski definition) is 1. The van der Waals surface area contributed by atoms with Crippen LogP contribution in [0.25, 0.3) is 0 Å². The lowest BCUT2D eigenvalue weighted by molar-refractivity contribution is -0.153. The van der Waals surface area contributed by atoms with Crippen LogP contribution in [0.15, 0.2) is 12.3 Å². The quantitative estimate of drug-likeness (QED) is 0.846. The number of rotatable bonds is 2. The van der Waals surface area contributed by atoms with Crippen LogP contribution in [0.1, 0.15) is 30.3 Å². The van der Waals surface area contributed by atoms with Gasteiger partial charge in [0.15, 0.2) is 0 Å². The maximum absolute atomic E-state index is 12.8. The number of carbonyl (C=O) groups excluding carboxylic acids is 2. The van der Waals surface area contributed by atoms with E-state index in [4.69, 9.17) is 0 Å². The van der Waals surface area contributed by atoms with Crippen LogP contribution in [-0.2, 0) is 4.79 Å². The number of amides is 2. The Morgan fingerprint density at radius 2 is 2.05 bits per heavy atom. The van der Waals surface area contributed by atoms with Gasteiger partial charge in [-0.3, -0.25) is 19.6 Å². The molecule has 2 aliphatic heterocycles. The number of piperazine rings is 1. The van der Waals surface area contributed by atoms with Gasteiger partial charge in [0, 0.05) is 38.9 Å². The van der Waals surface area contributed by atoms with Crippen molar-refractivity contribution in [2.45, 2.75) is 25.3 Å². The van der Waals surface area contributed by atoms with E-state index in [2.05, 4.69) is 15.1 Å². The van der Waals surface area contributed by atoms with Crippen LogP contribution < -0.4 is 0 Å². The number of aromatic nitrogens is 2. The number of hydrogen-bond acceptors (Lipinski definition) is 4. The molecule has 120 valence electrons. The summed E-state index contributed by atoms with van der Waals surface area (Å²) in [6, 6.07) is 1.68. The van der Waals surface area contributed by atoms with Gasteiger partial charge in [-0.2, -0.15) is 5.10 Å². The fraction of sp³-hybridized carbons (Fsp3) is 0.667. The zero-order valence-corrected chi connectivity index (χ0v) is 13.2. The number of nitrogens with one attached hydrogen (secondary N) is 1. The van der Waals surface area contributed by atoms with Crippen molar-refractivity contribution in [2.24, 2.45) is 0 Å². The first-order valence-corrected chi connectivity index (χ1v) is 7.88. The molecular formula is C15H23N5O2. The van der Waals surface area contributed by atoms with E-state index < -0.39 is 5.54 Å². The van der Waals surface area contributed by atoms with Crippen LogP contribution in [0.5, 0.6) is 0 Å². The van der Waals surface area contributed by atoms with Crippen molar-refractivity contribution >= 4 is 11.8 Å². The third kappa shape index (κ3) is 2.29. The molecule has 2 fully saturated rings. The first-order valence-electron chi connectivity index (χ1n) is 7.88. The van der Waals surface area contributed by atoms with Gasteiger partial charge in [-0.25, -0.2) is 0 Å². The molecule has 2 amide bonds. The fourth-order valence-corrected chi connectivity index (χ4v) is 3.57. The largest absolute Gasteiger partial charge is 0.340 e. The molecule has 2 saturated heterocycles. The summed E-state index contributed by atoms with van der Waals surface area (Å²) >= 11 is 0. The smallest absolute Gasteiger partial charge is 0.271 e. The van der Waals surface area contributed by atoms with Crippen molar-refractivity contribution in [3.8, 4) is 0 Å². The molecule has 1 spiro atoms. The Morgan fingerprint density at radius 3 is 2.64 bits per heavy atom. The second-order valence-electron chi connectivity index (χ2n) is 6.10. The number of aromatic amines is 1. The molecule has 0 bridgehead atoms. The molecule has 3 rings (SSSR count). The van der Waals surface area contributed by atoms with Gasteiger partial charge in [-0.15, -0.1) is 0 Å². The molecular weight excluding hydrogens is 282 g/mol. The highest BCUT2D eigenvalue weighted by Crippen LogP contribution is 2.33. The Morgan fingerprint density at radius 1 is 1.32 bits per heavy atom. The van der Waals surface area contributed by atoms with Crippen molar-refractivity contribution in [3.05, 3.63) is 18.0 Å². The van der Waals surface area contributed by atoms with Crippen LogP contribution in [0.2, 0.25) is 0 Å². The van der Waals surface area contributed by atoms with Gasteiger partial charge in [-0.1, -0.05) is 0 Å². The Kier molecular flexibility index (Phi) is 3.90. The highest BCUT2D eigenvalue weighted by molar-refractivity contribution is 5.93. The van der Waals surface area contributed by atoms with E-state index in [9.17, 15) is 9.59 Å². The van der Waals surface area contributed by atoms with E-state index in [1.165, 1.54) is 0 Å². The maximum Gasteiger partial charge on any atom is 0.271 e. The number of carbonyl (C=O) groups is 2. The van der Waals surface area contributed by atoms with Gasteiger partial charge in [0.2, 0.25) is 5.91 Å². The Labute approximate surface area is 130 Å². The first kappa shape index (κ1) is 15.0. The standard InChI is InChI=1S/C15H23N5O2/c1-3-19-11-10-18(2)15(14(19)22)5-8-20(9-6-15)13(21)12-4-7-16-17-12/h4,7H,3,5-6,8-11H2,1-2H3,(H,16,17). The van der Waals surface area contributed by atoms with E-state index in [-0.39, 0.29) is 11.8 Å². The Hall–Kier alpha value is -1.89. The minimum atomic E-state index is -0.432. The SMILES string of the molecule is CCN1CCN(C)C2(CCN(C(=O)c3ccn[nH]3)CC2)C1=O. The summed E-state index contributed by atoms with van der Waals surface area (Å²) in [6.07, 6.45) is 2.97. The van der Waals surface area contributed by atoms with Crippen molar-refractivity contribution < 1.29 is 9.59 Å². The van der Waals surface area contributed by atoms with E-state index in [1.807, 2.05) is 23.8 Å². The summed E-state index contributed by atoms with van der Waals surface area (Å²) < 4.78 is 0. The zero-order valence-electron chi connectivity index (χ0n) is 13.2. The van der Waals surface area contributed by atoms with E-state index in [0.29, 0.717) is 31.6 Å². The van der Waals surface area contributed by atoms with E-state index in [0.717, 1.165) is 19.6 Å². The predicted octanol–water partition coefficient (Wildman–Crippen LogP) is 0.178. The van der Waals surface area contributed by atoms with Gasteiger partial charge in [0.25, 0.3) is 5.91 Å². The predicted molar refractivity (Wildman–Crippen MR) is 81.3 cm³/mol. The molecule has 0 radical (unpaired) electrons. The van der Waals surface area contributed by atoms with Gasteiger partial charge in [0.1, 0.15) is 11.2 Å². The lowest BCUT2D eigenvalue weighted by Gasteiger charge is -2.51. The first-order chi connectivity index (χ1) is 10.6. The number of nitrogens with zero attached hydrogens (tertiary/aromatic N) is 4. The molecule has 2 aliphatic rings. The van der Waals surface area contributed by atoms with Crippen LogP contribution in [0.3, 0.4) is 0 Å². The minimum Gasteiger partial charge on any atom is -0.340 e. The Balaban J connectivity index is 1.72. The molecule has 1 aromatic heterocycles. The molecule has 1 N–H and O–H groups in total. The summed E-state index contributed by atoms with van der Waals surface area (Å²) in [4.78, 5) is 31.1. The minimum absolute atomic E-state index is 0.0365. The molecule has 0 unspecified atom stereocenters. The average Bonchev–Trinajstić information content (AvgIpc) is 3.07. The molecule has 22 heavy (non-hydrogen) atoms. The number of H-pyrrole nitrogens is 1.